The number of halogens is 3. The Labute approximate surface area is 103 Å². The van der Waals surface area contributed by atoms with E-state index >= 15 is 0 Å². The Bertz CT molecular complexity index is 462. The zero-order valence-electron chi connectivity index (χ0n) is 8.04. The van der Waals surface area contributed by atoms with E-state index in [1.54, 1.807) is 22.6 Å². The van der Waals surface area contributed by atoms with Gasteiger partial charge in [-0.05, 0) is 29.5 Å². The molecule has 4 nitrogen and oxygen atoms in total. The van der Waals surface area contributed by atoms with E-state index in [1.807, 2.05) is 0 Å². The maximum absolute atomic E-state index is 12.6. The standard InChI is InChI=1S/C9H6F2INO3/c1-4(14)8-6(9(10)11)2-5(13(15)16)3-7(8)12/h2-3,9H,1H3. The molecular weight excluding hydrogens is 335 g/mol. The third-order valence-electron chi connectivity index (χ3n) is 1.90. The van der Waals surface area contributed by atoms with E-state index in [4.69, 9.17) is 0 Å². The fourth-order valence-electron chi connectivity index (χ4n) is 1.26. The molecule has 1 aromatic rings. The van der Waals surface area contributed by atoms with Crippen LogP contribution in [-0.4, -0.2) is 10.7 Å². The minimum absolute atomic E-state index is 0.152. The first-order valence-corrected chi connectivity index (χ1v) is 5.19. The molecule has 0 heterocycles. The highest BCUT2D eigenvalue weighted by molar-refractivity contribution is 14.1. The quantitative estimate of drug-likeness (QED) is 0.367. The predicted octanol–water partition coefficient (Wildman–Crippen LogP) is 3.34. The summed E-state index contributed by atoms with van der Waals surface area (Å²) in [4.78, 5) is 20.9. The number of non-ortho nitro benzene ring substituents is 1. The molecule has 1 aromatic carbocycles. The molecule has 1 rings (SSSR count). The van der Waals surface area contributed by atoms with Gasteiger partial charge in [0.25, 0.3) is 12.1 Å². The van der Waals surface area contributed by atoms with Crippen LogP contribution in [0.5, 0.6) is 0 Å². The van der Waals surface area contributed by atoms with Crippen molar-refractivity contribution in [1.82, 2.24) is 0 Å². The van der Waals surface area contributed by atoms with Crippen molar-refractivity contribution < 1.29 is 18.5 Å². The van der Waals surface area contributed by atoms with Crippen LogP contribution in [0, 0.1) is 13.7 Å². The van der Waals surface area contributed by atoms with E-state index in [1.165, 1.54) is 0 Å². The molecule has 0 saturated heterocycles. The second-order valence-corrected chi connectivity index (χ2v) is 4.17. The molecule has 0 atom stereocenters. The van der Waals surface area contributed by atoms with Crippen molar-refractivity contribution in [3.8, 4) is 0 Å². The van der Waals surface area contributed by atoms with Gasteiger partial charge in [-0.15, -0.1) is 0 Å². The van der Waals surface area contributed by atoms with Gasteiger partial charge in [0.1, 0.15) is 0 Å². The van der Waals surface area contributed by atoms with Crippen LogP contribution in [0.4, 0.5) is 14.5 Å². The summed E-state index contributed by atoms with van der Waals surface area (Å²) >= 11 is 1.63. The molecule has 0 aliphatic heterocycles. The molecule has 0 aliphatic rings. The molecule has 0 N–H and O–H groups in total. The number of carbonyl (C=O) groups excluding carboxylic acids is 1. The lowest BCUT2D eigenvalue weighted by molar-refractivity contribution is -0.385. The topological polar surface area (TPSA) is 60.2 Å². The predicted molar refractivity (Wildman–Crippen MR) is 60.8 cm³/mol. The highest BCUT2D eigenvalue weighted by atomic mass is 127. The number of alkyl halides is 2. The van der Waals surface area contributed by atoms with Crippen LogP contribution in [0.15, 0.2) is 12.1 Å². The molecule has 0 amide bonds. The largest absolute Gasteiger partial charge is 0.294 e. The summed E-state index contributed by atoms with van der Waals surface area (Å²) in [7, 11) is 0. The maximum Gasteiger partial charge on any atom is 0.271 e. The highest BCUT2D eigenvalue weighted by Crippen LogP contribution is 2.31. The third kappa shape index (κ3) is 2.52. The summed E-state index contributed by atoms with van der Waals surface area (Å²) in [6.07, 6.45) is -2.91. The van der Waals surface area contributed by atoms with Crippen molar-refractivity contribution in [3.05, 3.63) is 36.9 Å². The number of Topliss-reactive ketones (excluding diaryl/α,β-unsaturated/α-hetero) is 1. The minimum Gasteiger partial charge on any atom is -0.294 e. The van der Waals surface area contributed by atoms with Crippen LogP contribution in [0.2, 0.25) is 0 Å². The number of hydrogen-bond acceptors (Lipinski definition) is 3. The fourth-order valence-corrected chi connectivity index (χ4v) is 2.27. The summed E-state index contributed by atoms with van der Waals surface area (Å²) in [5.41, 5.74) is -1.18. The number of nitrogens with zero attached hydrogens (tertiary/aromatic N) is 1. The van der Waals surface area contributed by atoms with Gasteiger partial charge in [-0.1, -0.05) is 0 Å². The Balaban J connectivity index is 3.51. The van der Waals surface area contributed by atoms with Crippen LogP contribution >= 0.6 is 22.6 Å². The second kappa shape index (κ2) is 4.81. The van der Waals surface area contributed by atoms with Crippen molar-refractivity contribution >= 4 is 34.1 Å². The second-order valence-electron chi connectivity index (χ2n) is 3.01. The summed E-state index contributed by atoms with van der Waals surface area (Å²) in [6.45, 7) is 1.15. The van der Waals surface area contributed by atoms with Crippen molar-refractivity contribution in [3.63, 3.8) is 0 Å². The van der Waals surface area contributed by atoms with Crippen LogP contribution in [0.3, 0.4) is 0 Å². The van der Waals surface area contributed by atoms with Crippen LogP contribution in [0.1, 0.15) is 29.3 Å². The van der Waals surface area contributed by atoms with E-state index in [2.05, 4.69) is 0 Å². The van der Waals surface area contributed by atoms with E-state index < -0.39 is 28.4 Å². The Morgan fingerprint density at radius 2 is 2.06 bits per heavy atom. The van der Waals surface area contributed by atoms with Gasteiger partial charge in [0.05, 0.1) is 4.92 Å². The molecule has 0 bridgehead atoms. The lowest BCUT2D eigenvalue weighted by atomic mass is 10.0. The molecule has 86 valence electrons. The third-order valence-corrected chi connectivity index (χ3v) is 2.75. The van der Waals surface area contributed by atoms with Gasteiger partial charge < -0.3 is 0 Å². The summed E-state index contributed by atoms with van der Waals surface area (Å²) in [5.74, 6) is -0.533. The van der Waals surface area contributed by atoms with Gasteiger partial charge in [0.15, 0.2) is 5.78 Å². The van der Waals surface area contributed by atoms with E-state index in [0.717, 1.165) is 19.1 Å². The van der Waals surface area contributed by atoms with Crippen molar-refractivity contribution in [2.24, 2.45) is 0 Å². The minimum atomic E-state index is -2.91. The summed E-state index contributed by atoms with van der Waals surface area (Å²) < 4.78 is 25.4. The average Bonchev–Trinajstić information content (AvgIpc) is 2.15. The number of rotatable bonds is 3. The molecule has 16 heavy (non-hydrogen) atoms. The smallest absolute Gasteiger partial charge is 0.271 e. The summed E-state index contributed by atoms with van der Waals surface area (Å²) in [6, 6.07) is 1.84. The zero-order valence-corrected chi connectivity index (χ0v) is 10.2. The number of nitro benzene ring substituents is 1. The number of ketones is 1. The van der Waals surface area contributed by atoms with E-state index in [0.29, 0.717) is 0 Å². The molecule has 0 aliphatic carbocycles. The number of nitro groups is 1. The lowest BCUT2D eigenvalue weighted by Gasteiger charge is -2.08. The number of carbonyl (C=O) groups is 1. The molecule has 0 aromatic heterocycles. The number of benzene rings is 1. The van der Waals surface area contributed by atoms with Crippen LogP contribution in [0.25, 0.3) is 0 Å². The Kier molecular flexibility index (Phi) is 3.89. The molecule has 0 radical (unpaired) electrons. The van der Waals surface area contributed by atoms with Crippen molar-refractivity contribution in [2.45, 2.75) is 13.3 Å². The Hall–Kier alpha value is -1.12. The van der Waals surface area contributed by atoms with Gasteiger partial charge in [0.2, 0.25) is 0 Å². The zero-order chi connectivity index (χ0) is 12.5. The lowest BCUT2D eigenvalue weighted by Crippen LogP contribution is -2.05. The van der Waals surface area contributed by atoms with Gasteiger partial charge in [-0.25, -0.2) is 8.78 Å². The van der Waals surface area contributed by atoms with Gasteiger partial charge >= 0.3 is 0 Å². The normalized spacial score (nSPS) is 10.6. The highest BCUT2D eigenvalue weighted by Gasteiger charge is 2.23. The van der Waals surface area contributed by atoms with E-state index in [9.17, 15) is 23.7 Å². The SMILES string of the molecule is CC(=O)c1c(I)cc([N+](=O)[O-])cc1C(F)F. The Morgan fingerprint density at radius 3 is 2.44 bits per heavy atom. The van der Waals surface area contributed by atoms with E-state index in [-0.39, 0.29) is 9.13 Å². The fraction of sp³-hybridized carbons (Fsp3) is 0.222. The van der Waals surface area contributed by atoms with Crippen molar-refractivity contribution in [2.75, 3.05) is 0 Å². The van der Waals surface area contributed by atoms with Gasteiger partial charge in [-0.2, -0.15) is 0 Å². The molecule has 0 spiro atoms. The van der Waals surface area contributed by atoms with Crippen molar-refractivity contribution in [1.29, 1.82) is 0 Å². The number of hydrogen-bond donors (Lipinski definition) is 0. The van der Waals surface area contributed by atoms with Crippen LogP contribution < -0.4 is 0 Å². The monoisotopic (exact) mass is 341 g/mol. The first-order valence-electron chi connectivity index (χ1n) is 4.11. The van der Waals surface area contributed by atoms with Gasteiger partial charge in [0, 0.05) is 26.8 Å². The summed E-state index contributed by atoms with van der Waals surface area (Å²) in [5, 5.41) is 10.5. The Morgan fingerprint density at radius 1 is 1.50 bits per heavy atom. The molecule has 0 saturated carbocycles. The molecular formula is C9H6F2INO3. The molecule has 0 unspecified atom stereocenters. The first kappa shape index (κ1) is 12.9. The van der Waals surface area contributed by atoms with Crippen LogP contribution in [-0.2, 0) is 0 Å². The molecule has 0 fully saturated rings. The van der Waals surface area contributed by atoms with Gasteiger partial charge in [-0.3, -0.25) is 14.9 Å². The molecule has 7 heteroatoms. The first-order chi connectivity index (χ1) is 7.34. The maximum atomic E-state index is 12.6. The average molecular weight is 341 g/mol.